The highest BCUT2D eigenvalue weighted by Gasteiger charge is 2.40. The largest absolute Gasteiger partial charge is 0.379 e. The molecule has 2 aliphatic rings. The molecule has 2 fully saturated rings. The molecule has 2 aliphatic heterocycles. The van der Waals surface area contributed by atoms with E-state index in [1.54, 1.807) is 0 Å². The molecule has 7 heteroatoms. The lowest BCUT2D eigenvalue weighted by molar-refractivity contribution is -0.0121. The molecule has 0 amide bonds. The Balaban J connectivity index is 1.62. The van der Waals surface area contributed by atoms with Gasteiger partial charge in [0.15, 0.2) is 5.96 Å². The first kappa shape index (κ1) is 20.0. The van der Waals surface area contributed by atoms with Crippen LogP contribution >= 0.6 is 27.7 Å². The average molecular weight is 441 g/mol. The quantitative estimate of drug-likeness (QED) is 0.562. The number of aliphatic imine (C=N–C) groups is 1. The fraction of sp³-hybridized carbons (Fsp3) is 0.632. The number of hydrogen-bond donors (Lipinski definition) is 1. The maximum atomic E-state index is 5.56. The minimum Gasteiger partial charge on any atom is -0.379 e. The van der Waals surface area contributed by atoms with Crippen molar-refractivity contribution >= 4 is 33.7 Å². The highest BCUT2D eigenvalue weighted by Crippen LogP contribution is 2.33. The number of nitrogens with zero attached hydrogens (tertiary/aromatic N) is 3. The van der Waals surface area contributed by atoms with Gasteiger partial charge in [-0.15, -0.1) is 0 Å². The molecular formula is C19H29BrN4OS. The van der Waals surface area contributed by atoms with Crippen LogP contribution in [0.5, 0.6) is 0 Å². The van der Waals surface area contributed by atoms with E-state index in [0.717, 1.165) is 49.8 Å². The minimum atomic E-state index is 0.221. The van der Waals surface area contributed by atoms with Gasteiger partial charge in [-0.25, -0.2) is 0 Å². The lowest BCUT2D eigenvalue weighted by Gasteiger charge is -2.43. The summed E-state index contributed by atoms with van der Waals surface area (Å²) in [4.78, 5) is 9.34. The van der Waals surface area contributed by atoms with Crippen LogP contribution in [0.1, 0.15) is 12.0 Å². The Bertz CT molecular complexity index is 615. The van der Waals surface area contributed by atoms with Crippen LogP contribution in [0.4, 0.5) is 0 Å². The molecule has 0 saturated carbocycles. The second-order valence-electron chi connectivity index (χ2n) is 6.97. The minimum absolute atomic E-state index is 0.221. The molecule has 3 rings (SSSR count). The number of guanidine groups is 1. The van der Waals surface area contributed by atoms with Gasteiger partial charge in [-0.1, -0.05) is 34.1 Å². The Morgan fingerprint density at radius 2 is 2.15 bits per heavy atom. The van der Waals surface area contributed by atoms with Crippen molar-refractivity contribution in [1.29, 1.82) is 0 Å². The van der Waals surface area contributed by atoms with Crippen molar-refractivity contribution in [3.63, 3.8) is 0 Å². The summed E-state index contributed by atoms with van der Waals surface area (Å²) < 4.78 is 6.70. The number of nitrogens with one attached hydrogen (secondary N) is 1. The van der Waals surface area contributed by atoms with Crippen molar-refractivity contribution in [2.24, 2.45) is 4.99 Å². The van der Waals surface area contributed by atoms with Crippen LogP contribution in [-0.4, -0.2) is 79.7 Å². The maximum absolute atomic E-state index is 5.56. The number of halogens is 1. The predicted octanol–water partition coefficient (Wildman–Crippen LogP) is 2.66. The van der Waals surface area contributed by atoms with Crippen molar-refractivity contribution in [2.45, 2.75) is 18.5 Å². The van der Waals surface area contributed by atoms with Crippen LogP contribution in [0.2, 0.25) is 0 Å². The zero-order valence-corrected chi connectivity index (χ0v) is 18.1. The van der Waals surface area contributed by atoms with Gasteiger partial charge >= 0.3 is 0 Å². The number of benzene rings is 1. The Morgan fingerprint density at radius 1 is 1.38 bits per heavy atom. The number of thioether (sulfide) groups is 1. The first-order chi connectivity index (χ1) is 12.6. The third kappa shape index (κ3) is 4.74. The lowest BCUT2D eigenvalue weighted by atomic mass is 9.95. The molecule has 2 heterocycles. The lowest BCUT2D eigenvalue weighted by Crippen LogP contribution is -2.60. The zero-order valence-electron chi connectivity index (χ0n) is 15.7. The maximum Gasteiger partial charge on any atom is 0.193 e. The van der Waals surface area contributed by atoms with Crippen molar-refractivity contribution in [3.8, 4) is 0 Å². The molecule has 0 spiro atoms. The third-order valence-corrected chi connectivity index (χ3v) is 7.29. The van der Waals surface area contributed by atoms with Crippen LogP contribution in [-0.2, 0) is 11.3 Å². The molecular weight excluding hydrogens is 412 g/mol. The Labute approximate surface area is 169 Å². The van der Waals surface area contributed by atoms with E-state index in [-0.39, 0.29) is 5.54 Å². The molecule has 1 aromatic rings. The molecule has 2 saturated heterocycles. The van der Waals surface area contributed by atoms with E-state index >= 15 is 0 Å². The second-order valence-corrected chi connectivity index (χ2v) is 8.93. The van der Waals surface area contributed by atoms with E-state index < -0.39 is 0 Å². The molecule has 1 unspecified atom stereocenters. The third-order valence-electron chi connectivity index (χ3n) is 5.28. The normalized spacial score (nSPS) is 24.7. The average Bonchev–Trinajstić information content (AvgIpc) is 3.15. The van der Waals surface area contributed by atoms with E-state index in [9.17, 15) is 0 Å². The smallest absolute Gasteiger partial charge is 0.193 e. The predicted molar refractivity (Wildman–Crippen MR) is 114 cm³/mol. The summed E-state index contributed by atoms with van der Waals surface area (Å²) in [5.74, 6) is 3.38. The van der Waals surface area contributed by atoms with Gasteiger partial charge in [-0.2, -0.15) is 11.8 Å². The van der Waals surface area contributed by atoms with E-state index in [0.29, 0.717) is 0 Å². The van der Waals surface area contributed by atoms with Gasteiger partial charge in [0.1, 0.15) is 0 Å². The topological polar surface area (TPSA) is 40.1 Å². The number of rotatable bonds is 5. The first-order valence-corrected chi connectivity index (χ1v) is 11.2. The van der Waals surface area contributed by atoms with Crippen molar-refractivity contribution < 1.29 is 4.74 Å². The monoisotopic (exact) mass is 440 g/mol. The molecule has 0 bridgehead atoms. The summed E-state index contributed by atoms with van der Waals surface area (Å²) >= 11 is 5.71. The van der Waals surface area contributed by atoms with Gasteiger partial charge in [0.05, 0.1) is 13.2 Å². The van der Waals surface area contributed by atoms with Crippen molar-refractivity contribution in [3.05, 3.63) is 34.3 Å². The number of hydrogen-bond acceptors (Lipinski definition) is 4. The Kier molecular flexibility index (Phi) is 7.26. The SMILES string of the molecule is CN=C(NCC1(N2CCOCC2)CCSC1)N(C)Cc1ccccc1Br. The summed E-state index contributed by atoms with van der Waals surface area (Å²) in [6, 6.07) is 8.36. The van der Waals surface area contributed by atoms with Crippen molar-refractivity contribution in [1.82, 2.24) is 15.1 Å². The summed E-state index contributed by atoms with van der Waals surface area (Å²) in [6.07, 6.45) is 1.23. The van der Waals surface area contributed by atoms with Crippen LogP contribution in [0.15, 0.2) is 33.7 Å². The molecule has 0 aliphatic carbocycles. The van der Waals surface area contributed by atoms with Gasteiger partial charge < -0.3 is 15.0 Å². The van der Waals surface area contributed by atoms with E-state index in [1.807, 2.05) is 13.1 Å². The summed E-state index contributed by atoms with van der Waals surface area (Å²) in [5.41, 5.74) is 1.48. The zero-order chi connectivity index (χ0) is 18.4. The summed E-state index contributed by atoms with van der Waals surface area (Å²) in [7, 11) is 3.96. The van der Waals surface area contributed by atoms with Crippen LogP contribution in [0.25, 0.3) is 0 Å². The highest BCUT2D eigenvalue weighted by atomic mass is 79.9. The molecule has 144 valence electrons. The summed E-state index contributed by atoms with van der Waals surface area (Å²) in [5, 5.41) is 3.65. The van der Waals surface area contributed by atoms with Gasteiger partial charge in [0, 0.05) is 56.0 Å². The van der Waals surface area contributed by atoms with E-state index in [2.05, 4.69) is 73.0 Å². The fourth-order valence-electron chi connectivity index (χ4n) is 3.72. The van der Waals surface area contributed by atoms with Crippen molar-refractivity contribution in [2.75, 3.05) is 58.4 Å². The Hall–Kier alpha value is -0.760. The van der Waals surface area contributed by atoms with Gasteiger partial charge in [-0.05, 0) is 23.8 Å². The second kappa shape index (κ2) is 9.44. The van der Waals surface area contributed by atoms with Gasteiger partial charge in [0.2, 0.25) is 0 Å². The van der Waals surface area contributed by atoms with E-state index in [4.69, 9.17) is 4.74 Å². The summed E-state index contributed by atoms with van der Waals surface area (Å²) in [6.45, 7) is 5.53. The number of morpholine rings is 1. The molecule has 1 aromatic carbocycles. The van der Waals surface area contributed by atoms with Crippen LogP contribution < -0.4 is 5.32 Å². The molecule has 5 nitrogen and oxygen atoms in total. The molecule has 1 atom stereocenters. The van der Waals surface area contributed by atoms with Gasteiger partial charge in [-0.3, -0.25) is 9.89 Å². The molecule has 0 radical (unpaired) electrons. The highest BCUT2D eigenvalue weighted by molar-refractivity contribution is 9.10. The Morgan fingerprint density at radius 3 is 2.81 bits per heavy atom. The van der Waals surface area contributed by atoms with Crippen LogP contribution in [0.3, 0.4) is 0 Å². The van der Waals surface area contributed by atoms with E-state index in [1.165, 1.54) is 23.5 Å². The molecule has 0 aromatic heterocycles. The van der Waals surface area contributed by atoms with Crippen LogP contribution in [0, 0.1) is 0 Å². The fourth-order valence-corrected chi connectivity index (χ4v) is 5.61. The standard InChI is InChI=1S/C19H29BrN4OS/c1-21-18(23(2)13-16-5-3-4-6-17(16)20)22-14-19(7-12-26-15-19)24-8-10-25-11-9-24/h3-6H,7-15H2,1-2H3,(H,21,22). The molecule has 26 heavy (non-hydrogen) atoms. The number of ether oxygens (including phenoxy) is 1. The first-order valence-electron chi connectivity index (χ1n) is 9.20. The van der Waals surface area contributed by atoms with Gasteiger partial charge in [0.25, 0.3) is 0 Å². The molecule has 1 N–H and O–H groups in total.